The summed E-state index contributed by atoms with van der Waals surface area (Å²) in [5.74, 6) is -2.56. The number of aliphatic hydroxyl groups is 1. The van der Waals surface area contributed by atoms with E-state index in [4.69, 9.17) is 9.47 Å². The molecule has 0 aliphatic rings. The molecule has 5 unspecified atom stereocenters. The van der Waals surface area contributed by atoms with Gasteiger partial charge in [-0.2, -0.15) is 13.2 Å². The van der Waals surface area contributed by atoms with Gasteiger partial charge in [0.2, 0.25) is 0 Å². The molecule has 0 fully saturated rings. The maximum atomic E-state index is 14.3. The lowest BCUT2D eigenvalue weighted by molar-refractivity contribution is -0.161. The minimum Gasteiger partial charge on any atom is -0.469 e. The zero-order chi connectivity index (χ0) is 36.1. The van der Waals surface area contributed by atoms with E-state index in [1.54, 1.807) is 13.8 Å². The molecule has 0 aliphatic carbocycles. The van der Waals surface area contributed by atoms with E-state index in [1.165, 1.54) is 12.7 Å². The minimum atomic E-state index is -4.37. The molecule has 0 spiro atoms. The summed E-state index contributed by atoms with van der Waals surface area (Å²) in [5.41, 5.74) is 1.22. The zero-order valence-electron chi connectivity index (χ0n) is 29.2. The number of carbonyl (C=O) groups is 2. The van der Waals surface area contributed by atoms with Crippen LogP contribution in [0.2, 0.25) is 0 Å². The van der Waals surface area contributed by atoms with E-state index in [2.05, 4.69) is 50.2 Å². The molecule has 5 nitrogen and oxygen atoms in total. The summed E-state index contributed by atoms with van der Waals surface area (Å²) in [5, 5.41) is 10.5. The molecule has 49 heavy (non-hydrogen) atoms. The first-order valence-electron chi connectivity index (χ1n) is 17.0. The van der Waals surface area contributed by atoms with Gasteiger partial charge in [-0.1, -0.05) is 118 Å². The maximum Gasteiger partial charge on any atom is 0.397 e. The molecule has 0 aromatic heterocycles. The van der Waals surface area contributed by atoms with Crippen LogP contribution in [0.25, 0.3) is 0 Å². The third kappa shape index (κ3) is 11.9. The Morgan fingerprint density at radius 1 is 0.857 bits per heavy atom. The summed E-state index contributed by atoms with van der Waals surface area (Å²) in [6, 6.07) is 30.6. The number of rotatable bonds is 19. The number of hydrogen-bond acceptors (Lipinski definition) is 6. The fraction of sp³-hybridized carbons (Fsp3) is 0.500. The molecule has 3 rings (SSSR count). The lowest BCUT2D eigenvalue weighted by atomic mass is 9.59. The van der Waals surface area contributed by atoms with E-state index in [0.717, 1.165) is 24.0 Å². The molecule has 0 amide bonds. The van der Waals surface area contributed by atoms with E-state index in [0.29, 0.717) is 24.1 Å². The third-order valence-corrected chi connectivity index (χ3v) is 10.6. The van der Waals surface area contributed by atoms with Crippen molar-refractivity contribution in [3.8, 4) is 0 Å². The Kier molecular flexibility index (Phi) is 15.3. The second-order valence-corrected chi connectivity index (χ2v) is 14.7. The number of alkyl halides is 3. The fourth-order valence-corrected chi connectivity index (χ4v) is 7.61. The molecule has 1 N–H and O–H groups in total. The second kappa shape index (κ2) is 18.6. The van der Waals surface area contributed by atoms with Crippen molar-refractivity contribution in [3.63, 3.8) is 0 Å². The summed E-state index contributed by atoms with van der Waals surface area (Å²) in [6.45, 7) is 7.47. The molecule has 0 saturated carbocycles. The topological polar surface area (TPSA) is 72.8 Å². The molecule has 3 aromatic rings. The highest BCUT2D eigenvalue weighted by Crippen LogP contribution is 2.51. The minimum absolute atomic E-state index is 0.0974. The largest absolute Gasteiger partial charge is 0.469 e. The molecular formula is C40H51F3O5S. The molecule has 268 valence electrons. The third-order valence-electron chi connectivity index (χ3n) is 9.43. The van der Waals surface area contributed by atoms with Crippen molar-refractivity contribution >= 4 is 23.7 Å². The van der Waals surface area contributed by atoms with Gasteiger partial charge in [-0.15, -0.1) is 11.8 Å². The Morgan fingerprint density at radius 2 is 1.39 bits per heavy atom. The highest BCUT2D eigenvalue weighted by atomic mass is 32.2. The summed E-state index contributed by atoms with van der Waals surface area (Å²) >= 11 is 0.533. The predicted octanol–water partition coefficient (Wildman–Crippen LogP) is 9.38. The van der Waals surface area contributed by atoms with Crippen LogP contribution in [0.4, 0.5) is 13.2 Å². The van der Waals surface area contributed by atoms with Crippen molar-refractivity contribution < 1.29 is 37.3 Å². The average Bonchev–Trinajstić information content (AvgIpc) is 3.09. The predicted molar refractivity (Wildman–Crippen MR) is 190 cm³/mol. The molecule has 5 atom stereocenters. The van der Waals surface area contributed by atoms with Crippen molar-refractivity contribution in [1.29, 1.82) is 0 Å². The molecular weight excluding hydrogens is 649 g/mol. The number of halogens is 3. The van der Waals surface area contributed by atoms with E-state index in [-0.39, 0.29) is 24.5 Å². The van der Waals surface area contributed by atoms with Gasteiger partial charge >= 0.3 is 18.1 Å². The van der Waals surface area contributed by atoms with Crippen LogP contribution in [-0.4, -0.2) is 54.5 Å². The molecule has 0 radical (unpaired) electrons. The molecule has 0 aliphatic heterocycles. The van der Waals surface area contributed by atoms with E-state index >= 15 is 0 Å². The van der Waals surface area contributed by atoms with Crippen LogP contribution in [0.5, 0.6) is 0 Å². The van der Waals surface area contributed by atoms with Crippen LogP contribution in [0.3, 0.4) is 0 Å². The number of methoxy groups -OCH3 is 1. The van der Waals surface area contributed by atoms with Gasteiger partial charge < -0.3 is 14.6 Å². The van der Waals surface area contributed by atoms with Crippen molar-refractivity contribution in [2.24, 2.45) is 17.3 Å². The number of ether oxygens (including phenoxy) is 2. The molecule has 3 aromatic carbocycles. The highest BCUT2D eigenvalue weighted by Gasteiger charge is 2.48. The first-order chi connectivity index (χ1) is 23.2. The van der Waals surface area contributed by atoms with Gasteiger partial charge in [-0.05, 0) is 61.1 Å². The highest BCUT2D eigenvalue weighted by molar-refractivity contribution is 7.99. The van der Waals surface area contributed by atoms with Crippen molar-refractivity contribution in [2.45, 2.75) is 83.4 Å². The van der Waals surface area contributed by atoms with E-state index in [9.17, 15) is 27.9 Å². The van der Waals surface area contributed by atoms with Gasteiger partial charge in [0.1, 0.15) is 6.61 Å². The fourth-order valence-electron chi connectivity index (χ4n) is 6.89. The standard InChI is InChI=1S/C40H51F3O5S/c1-6-29(2)22-32(31-16-10-7-11-17-31)24-39(33-18-12-8-13-19-33,34-20-14-9-15-21-34)27-38(4,23-30(3)36(45)47-5)37(46)48-25-35(44)26-49-28-40(41,42)43/h7-21,29-30,32,35,44H,6,22-28H2,1-5H3. The normalized spacial score (nSPS) is 15.8. The van der Waals surface area contributed by atoms with Gasteiger partial charge in [0.25, 0.3) is 0 Å². The second-order valence-electron chi connectivity index (χ2n) is 13.6. The molecule has 9 heteroatoms. The van der Waals surface area contributed by atoms with E-state index < -0.39 is 53.3 Å². The Labute approximate surface area is 294 Å². The first kappa shape index (κ1) is 40.1. The smallest absolute Gasteiger partial charge is 0.397 e. The van der Waals surface area contributed by atoms with Gasteiger partial charge in [-0.3, -0.25) is 9.59 Å². The van der Waals surface area contributed by atoms with Crippen LogP contribution in [0.1, 0.15) is 82.4 Å². The quantitative estimate of drug-likeness (QED) is 0.126. The van der Waals surface area contributed by atoms with Gasteiger partial charge in [-0.25, -0.2) is 0 Å². The first-order valence-corrected chi connectivity index (χ1v) is 18.1. The number of aliphatic hydroxyl groups excluding tert-OH is 1. The van der Waals surface area contributed by atoms with Crippen molar-refractivity contribution in [1.82, 2.24) is 0 Å². The van der Waals surface area contributed by atoms with Crippen LogP contribution in [0, 0.1) is 17.3 Å². The number of carbonyl (C=O) groups excluding carboxylic acids is 2. The lowest BCUT2D eigenvalue weighted by Gasteiger charge is -2.44. The van der Waals surface area contributed by atoms with Crippen molar-refractivity contribution in [2.75, 3.05) is 25.2 Å². The number of esters is 2. The molecule has 0 saturated heterocycles. The van der Waals surface area contributed by atoms with Crippen LogP contribution in [-0.2, 0) is 24.5 Å². The van der Waals surface area contributed by atoms with E-state index in [1.807, 2.05) is 54.6 Å². The number of hydrogen-bond donors (Lipinski definition) is 1. The maximum absolute atomic E-state index is 14.3. The van der Waals surface area contributed by atoms with Crippen molar-refractivity contribution in [3.05, 3.63) is 108 Å². The number of thioether (sulfide) groups is 1. The van der Waals surface area contributed by atoms with Gasteiger partial charge in [0.05, 0.1) is 30.3 Å². The summed E-state index contributed by atoms with van der Waals surface area (Å²) in [7, 11) is 1.31. The molecule has 0 bridgehead atoms. The average molecular weight is 701 g/mol. The lowest BCUT2D eigenvalue weighted by Crippen LogP contribution is -2.43. The Balaban J connectivity index is 2.15. The Hall–Kier alpha value is -3.30. The SMILES string of the molecule is CCC(C)CC(CC(CC(C)(CC(C)C(=O)OC)C(=O)OCC(O)CSCC(F)(F)F)(c1ccccc1)c1ccccc1)c1ccccc1. The monoisotopic (exact) mass is 700 g/mol. The van der Waals surface area contributed by atoms with Gasteiger partial charge in [0, 0.05) is 11.2 Å². The summed E-state index contributed by atoms with van der Waals surface area (Å²) in [4.78, 5) is 27.1. The van der Waals surface area contributed by atoms with Gasteiger partial charge in [0.15, 0.2) is 0 Å². The summed E-state index contributed by atoms with van der Waals surface area (Å²) < 4.78 is 48.9. The number of benzene rings is 3. The zero-order valence-corrected chi connectivity index (χ0v) is 30.1. The van der Waals surface area contributed by atoms with Crippen LogP contribution >= 0.6 is 11.8 Å². The summed E-state index contributed by atoms with van der Waals surface area (Å²) in [6.07, 6.45) is -2.71. The Bertz CT molecular complexity index is 1380. The Morgan fingerprint density at radius 3 is 1.88 bits per heavy atom. The molecule has 0 heterocycles. The van der Waals surface area contributed by atoms with Crippen LogP contribution in [0.15, 0.2) is 91.0 Å². The van der Waals surface area contributed by atoms with Crippen LogP contribution < -0.4 is 0 Å².